The lowest BCUT2D eigenvalue weighted by Gasteiger charge is -2.29. The van der Waals surface area contributed by atoms with Crippen LogP contribution < -0.4 is 10.6 Å². The second kappa shape index (κ2) is 7.33. The van der Waals surface area contributed by atoms with Gasteiger partial charge in [0.15, 0.2) is 0 Å². The number of carbonyl (C=O) groups is 2. The molecule has 2 amide bonds. The molecule has 2 N–H and O–H groups in total. The zero-order valence-electron chi connectivity index (χ0n) is 11.7. The third-order valence-corrected chi connectivity index (χ3v) is 3.48. The zero-order chi connectivity index (χ0) is 14.8. The fourth-order valence-corrected chi connectivity index (χ4v) is 2.33. The van der Waals surface area contributed by atoms with Gasteiger partial charge in [0.25, 0.3) is 5.92 Å². The first-order valence-electron chi connectivity index (χ1n) is 6.67. The van der Waals surface area contributed by atoms with Crippen molar-refractivity contribution in [3.63, 3.8) is 0 Å². The minimum absolute atomic E-state index is 0. The lowest BCUT2D eigenvalue weighted by molar-refractivity contribution is -0.139. The highest BCUT2D eigenvalue weighted by Crippen LogP contribution is 2.25. The maximum absolute atomic E-state index is 13.0. The molecule has 0 saturated carbocycles. The maximum atomic E-state index is 13.0. The van der Waals surface area contributed by atoms with E-state index in [1.807, 2.05) is 0 Å². The summed E-state index contributed by atoms with van der Waals surface area (Å²) in [7, 11) is 0. The smallest absolute Gasteiger partial charge is 0.262 e. The van der Waals surface area contributed by atoms with Gasteiger partial charge in [-0.2, -0.15) is 0 Å². The Morgan fingerprint density at radius 1 is 1.38 bits per heavy atom. The van der Waals surface area contributed by atoms with Crippen LogP contribution in [-0.2, 0) is 14.3 Å². The Morgan fingerprint density at radius 2 is 2.00 bits per heavy atom. The van der Waals surface area contributed by atoms with Crippen LogP contribution in [0.2, 0.25) is 0 Å². The Labute approximate surface area is 128 Å². The molecule has 2 aliphatic heterocycles. The van der Waals surface area contributed by atoms with E-state index in [2.05, 4.69) is 10.6 Å². The predicted octanol–water partition coefficient (Wildman–Crippen LogP) is -0.231. The number of nitrogens with one attached hydrogen (secondary N) is 2. The molecule has 2 fully saturated rings. The minimum Gasteiger partial charge on any atom is -0.378 e. The fourth-order valence-electron chi connectivity index (χ4n) is 2.33. The molecule has 21 heavy (non-hydrogen) atoms. The Bertz CT molecular complexity index is 392. The highest BCUT2D eigenvalue weighted by Gasteiger charge is 2.42. The number of hydrogen-bond donors (Lipinski definition) is 2. The summed E-state index contributed by atoms with van der Waals surface area (Å²) in [5.74, 6) is -3.64. The molecule has 0 aliphatic carbocycles. The highest BCUT2D eigenvalue weighted by molar-refractivity contribution is 5.89. The molecule has 122 valence electrons. The largest absolute Gasteiger partial charge is 0.378 e. The molecule has 0 bridgehead atoms. The second-order valence-corrected chi connectivity index (χ2v) is 5.16. The van der Waals surface area contributed by atoms with E-state index in [4.69, 9.17) is 4.74 Å². The van der Waals surface area contributed by atoms with Crippen molar-refractivity contribution in [3.05, 3.63) is 0 Å². The molecule has 2 unspecified atom stereocenters. The monoisotopic (exact) mass is 327 g/mol. The molecule has 0 radical (unpaired) electrons. The average molecular weight is 328 g/mol. The average Bonchev–Trinajstić information content (AvgIpc) is 2.79. The van der Waals surface area contributed by atoms with E-state index in [0.29, 0.717) is 26.3 Å². The Balaban J connectivity index is 0.00000220. The number of rotatable bonds is 3. The van der Waals surface area contributed by atoms with Gasteiger partial charge in [0, 0.05) is 19.5 Å². The van der Waals surface area contributed by atoms with E-state index in [1.54, 1.807) is 11.8 Å². The Kier molecular flexibility index (Phi) is 6.30. The van der Waals surface area contributed by atoms with Crippen LogP contribution in [0.1, 0.15) is 13.3 Å². The Hall–Kier alpha value is -0.990. The summed E-state index contributed by atoms with van der Waals surface area (Å²) in [6.45, 7) is 2.98. The summed E-state index contributed by atoms with van der Waals surface area (Å²) in [6, 6.07) is -1.67. The van der Waals surface area contributed by atoms with Crippen LogP contribution in [0.25, 0.3) is 0 Å². The summed E-state index contributed by atoms with van der Waals surface area (Å²) in [4.78, 5) is 25.5. The summed E-state index contributed by atoms with van der Waals surface area (Å²) in [5, 5.41) is 4.95. The number of ether oxygens (including phenoxy) is 1. The zero-order valence-corrected chi connectivity index (χ0v) is 12.5. The second-order valence-electron chi connectivity index (χ2n) is 5.16. The third-order valence-electron chi connectivity index (χ3n) is 3.48. The van der Waals surface area contributed by atoms with E-state index < -0.39 is 36.9 Å². The Morgan fingerprint density at radius 3 is 2.52 bits per heavy atom. The van der Waals surface area contributed by atoms with Crippen LogP contribution in [-0.4, -0.2) is 67.6 Å². The molecule has 9 heteroatoms. The van der Waals surface area contributed by atoms with E-state index in [1.165, 1.54) is 0 Å². The molecule has 0 aromatic heterocycles. The van der Waals surface area contributed by atoms with Crippen molar-refractivity contribution >= 4 is 24.2 Å². The number of amides is 2. The first-order valence-corrected chi connectivity index (χ1v) is 6.67. The number of hydrogen-bond acceptors (Lipinski definition) is 4. The van der Waals surface area contributed by atoms with Crippen LogP contribution in [0.5, 0.6) is 0 Å². The van der Waals surface area contributed by atoms with Crippen LogP contribution in [0.15, 0.2) is 0 Å². The first-order chi connectivity index (χ1) is 9.39. The number of nitrogens with zero attached hydrogens (tertiary/aromatic N) is 1. The van der Waals surface area contributed by atoms with Gasteiger partial charge in [-0.05, 0) is 6.92 Å². The van der Waals surface area contributed by atoms with Crippen molar-refractivity contribution < 1.29 is 23.1 Å². The summed E-state index contributed by atoms with van der Waals surface area (Å²) >= 11 is 0. The van der Waals surface area contributed by atoms with E-state index in [0.717, 1.165) is 0 Å². The topological polar surface area (TPSA) is 70.7 Å². The lowest BCUT2D eigenvalue weighted by Crippen LogP contribution is -2.53. The van der Waals surface area contributed by atoms with Crippen LogP contribution in [0.4, 0.5) is 8.78 Å². The van der Waals surface area contributed by atoms with Crippen molar-refractivity contribution in [1.29, 1.82) is 0 Å². The molecule has 2 saturated heterocycles. The van der Waals surface area contributed by atoms with Crippen molar-refractivity contribution in [2.75, 3.05) is 32.8 Å². The van der Waals surface area contributed by atoms with Crippen LogP contribution in [0, 0.1) is 0 Å². The molecule has 0 spiro atoms. The fraction of sp³-hybridized carbons (Fsp3) is 0.833. The van der Waals surface area contributed by atoms with E-state index in [9.17, 15) is 18.4 Å². The van der Waals surface area contributed by atoms with Gasteiger partial charge >= 0.3 is 0 Å². The van der Waals surface area contributed by atoms with Crippen molar-refractivity contribution in [2.24, 2.45) is 0 Å². The van der Waals surface area contributed by atoms with Gasteiger partial charge in [-0.25, -0.2) is 8.78 Å². The van der Waals surface area contributed by atoms with Gasteiger partial charge in [-0.15, -0.1) is 12.4 Å². The molecular weight excluding hydrogens is 308 g/mol. The van der Waals surface area contributed by atoms with Crippen molar-refractivity contribution in [1.82, 2.24) is 15.5 Å². The molecule has 2 heterocycles. The molecule has 2 atom stereocenters. The predicted molar refractivity (Wildman–Crippen MR) is 73.6 cm³/mol. The SMILES string of the molecule is CC(NC(=O)C1CC(F)(F)CN1)C(=O)N1CCOCC1.Cl. The van der Waals surface area contributed by atoms with E-state index >= 15 is 0 Å². The molecular formula is C12H20ClF2N3O3. The lowest BCUT2D eigenvalue weighted by atomic mass is 10.1. The van der Waals surface area contributed by atoms with Crippen LogP contribution in [0.3, 0.4) is 0 Å². The highest BCUT2D eigenvalue weighted by atomic mass is 35.5. The van der Waals surface area contributed by atoms with Crippen molar-refractivity contribution in [2.45, 2.75) is 31.4 Å². The van der Waals surface area contributed by atoms with Gasteiger partial charge in [-0.1, -0.05) is 0 Å². The van der Waals surface area contributed by atoms with Crippen molar-refractivity contribution in [3.8, 4) is 0 Å². The summed E-state index contributed by atoms with van der Waals surface area (Å²) in [6.07, 6.45) is -0.530. The van der Waals surface area contributed by atoms with Gasteiger partial charge in [0.05, 0.1) is 25.8 Å². The maximum Gasteiger partial charge on any atom is 0.262 e. The normalized spacial score (nSPS) is 25.9. The number of morpholine rings is 1. The quantitative estimate of drug-likeness (QED) is 0.751. The van der Waals surface area contributed by atoms with Gasteiger partial charge in [0.1, 0.15) is 6.04 Å². The van der Waals surface area contributed by atoms with Gasteiger partial charge < -0.3 is 15.0 Å². The number of halogens is 3. The first kappa shape index (κ1) is 18.1. The van der Waals surface area contributed by atoms with Gasteiger partial charge in [-0.3, -0.25) is 14.9 Å². The molecule has 0 aromatic rings. The molecule has 2 rings (SSSR count). The molecule has 6 nitrogen and oxygen atoms in total. The van der Waals surface area contributed by atoms with E-state index in [-0.39, 0.29) is 18.3 Å². The van der Waals surface area contributed by atoms with Crippen LogP contribution >= 0.6 is 12.4 Å². The molecule has 2 aliphatic rings. The number of alkyl halides is 2. The molecule has 0 aromatic carbocycles. The summed E-state index contributed by atoms with van der Waals surface area (Å²) in [5.41, 5.74) is 0. The third kappa shape index (κ3) is 4.76. The van der Waals surface area contributed by atoms with Gasteiger partial charge in [0.2, 0.25) is 11.8 Å². The minimum atomic E-state index is -2.86. The summed E-state index contributed by atoms with van der Waals surface area (Å²) < 4.78 is 31.2. The number of carbonyl (C=O) groups excluding carboxylic acids is 2. The standard InChI is InChI=1S/C12H19F2N3O3.ClH/c1-8(11(19)17-2-4-20-5-3-17)16-10(18)9-6-12(13,14)7-15-9;/h8-9,15H,2-7H2,1H3,(H,16,18);1H.